The van der Waals surface area contributed by atoms with Gasteiger partial charge < -0.3 is 14.8 Å². The first-order chi connectivity index (χ1) is 12.3. The monoisotopic (exact) mass is 395 g/mol. The predicted octanol–water partition coefficient (Wildman–Crippen LogP) is 4.64. The molecule has 2 aromatic carbocycles. The van der Waals surface area contributed by atoms with Crippen LogP contribution in [0.4, 0.5) is 5.69 Å². The van der Waals surface area contributed by atoms with Gasteiger partial charge in [-0.2, -0.15) is 0 Å². The lowest BCUT2D eigenvalue weighted by atomic mass is 10.2. The summed E-state index contributed by atoms with van der Waals surface area (Å²) in [6, 6.07) is 11.7. The molecule has 2 aromatic rings. The Hall–Kier alpha value is -2.24. The van der Waals surface area contributed by atoms with Gasteiger partial charge in [-0.15, -0.1) is 0 Å². The van der Waals surface area contributed by atoms with E-state index < -0.39 is 24.1 Å². The van der Waals surface area contributed by atoms with Gasteiger partial charge in [-0.05, 0) is 62.7 Å². The Balaban J connectivity index is 1.89. The highest BCUT2D eigenvalue weighted by Crippen LogP contribution is 2.20. The largest absolute Gasteiger partial charge is 0.479 e. The number of aryl methyl sites for hydroxylation is 1. The van der Waals surface area contributed by atoms with Crippen LogP contribution in [0.1, 0.15) is 19.4 Å². The zero-order valence-corrected chi connectivity index (χ0v) is 16.1. The summed E-state index contributed by atoms with van der Waals surface area (Å²) in [5.41, 5.74) is 1.43. The van der Waals surface area contributed by atoms with Gasteiger partial charge in [-0.1, -0.05) is 29.3 Å². The first kappa shape index (κ1) is 20.1. The molecule has 138 valence electrons. The molecule has 0 saturated carbocycles. The summed E-state index contributed by atoms with van der Waals surface area (Å²) < 4.78 is 10.6. The van der Waals surface area contributed by atoms with Gasteiger partial charge in [0.05, 0.1) is 0 Å². The van der Waals surface area contributed by atoms with Gasteiger partial charge in [-0.25, -0.2) is 4.79 Å². The molecule has 0 spiro atoms. The number of benzene rings is 2. The number of carbonyl (C=O) groups excluding carboxylic acids is 2. The molecule has 26 heavy (non-hydrogen) atoms. The van der Waals surface area contributed by atoms with Crippen LogP contribution in [0.25, 0.3) is 0 Å². The van der Waals surface area contributed by atoms with E-state index in [-0.39, 0.29) is 0 Å². The van der Waals surface area contributed by atoms with E-state index in [0.717, 1.165) is 5.56 Å². The quantitative estimate of drug-likeness (QED) is 0.723. The van der Waals surface area contributed by atoms with Gasteiger partial charge >= 0.3 is 5.97 Å². The molecule has 1 amide bonds. The molecule has 1 N–H and O–H groups in total. The van der Waals surface area contributed by atoms with E-state index in [9.17, 15) is 9.59 Å². The van der Waals surface area contributed by atoms with Crippen molar-refractivity contribution in [3.05, 3.63) is 58.1 Å². The lowest BCUT2D eigenvalue weighted by Gasteiger charge is -2.18. The lowest BCUT2D eigenvalue weighted by Crippen LogP contribution is -2.35. The fourth-order valence-electron chi connectivity index (χ4n) is 2.00. The van der Waals surface area contributed by atoms with Crippen molar-refractivity contribution in [1.29, 1.82) is 0 Å². The summed E-state index contributed by atoms with van der Waals surface area (Å²) >= 11 is 11.8. The Bertz CT molecular complexity index is 793. The number of esters is 1. The van der Waals surface area contributed by atoms with E-state index in [2.05, 4.69) is 5.32 Å². The zero-order valence-electron chi connectivity index (χ0n) is 14.6. The number of hydrogen-bond donors (Lipinski definition) is 1. The van der Waals surface area contributed by atoms with Crippen molar-refractivity contribution >= 4 is 40.8 Å². The summed E-state index contributed by atoms with van der Waals surface area (Å²) in [5.74, 6) is -0.633. The van der Waals surface area contributed by atoms with E-state index in [1.54, 1.807) is 49.4 Å². The summed E-state index contributed by atoms with van der Waals surface area (Å²) in [4.78, 5) is 24.3. The second-order valence-corrected chi connectivity index (χ2v) is 6.59. The van der Waals surface area contributed by atoms with Crippen LogP contribution in [0.5, 0.6) is 5.75 Å². The molecule has 0 saturated heterocycles. The van der Waals surface area contributed by atoms with Gasteiger partial charge in [0.2, 0.25) is 0 Å². The molecule has 0 aromatic heterocycles. The normalized spacial score (nSPS) is 12.8. The fourth-order valence-corrected chi connectivity index (χ4v) is 2.31. The van der Waals surface area contributed by atoms with E-state index in [1.807, 2.05) is 6.92 Å². The molecule has 0 bridgehead atoms. The van der Waals surface area contributed by atoms with Crippen molar-refractivity contribution in [3.8, 4) is 5.75 Å². The number of hydrogen-bond acceptors (Lipinski definition) is 4. The molecule has 2 atom stereocenters. The van der Waals surface area contributed by atoms with Crippen LogP contribution in [0.2, 0.25) is 10.0 Å². The molecule has 2 rings (SSSR count). The Kier molecular flexibility index (Phi) is 6.89. The van der Waals surface area contributed by atoms with Gasteiger partial charge in [0, 0.05) is 15.7 Å². The molecule has 0 heterocycles. The highest BCUT2D eigenvalue weighted by atomic mass is 35.5. The van der Waals surface area contributed by atoms with Crippen LogP contribution >= 0.6 is 23.2 Å². The minimum absolute atomic E-state index is 0.461. The summed E-state index contributed by atoms with van der Waals surface area (Å²) in [7, 11) is 0. The highest BCUT2D eigenvalue weighted by molar-refractivity contribution is 6.31. The minimum atomic E-state index is -0.987. The van der Waals surface area contributed by atoms with E-state index in [1.165, 1.54) is 6.92 Å². The van der Waals surface area contributed by atoms with Gasteiger partial charge in [0.1, 0.15) is 5.75 Å². The third kappa shape index (κ3) is 5.64. The van der Waals surface area contributed by atoms with Crippen molar-refractivity contribution in [2.45, 2.75) is 33.0 Å². The number of ether oxygens (including phenoxy) is 2. The van der Waals surface area contributed by atoms with Gasteiger partial charge in [-0.3, -0.25) is 4.79 Å². The maximum atomic E-state index is 12.2. The molecule has 0 fully saturated rings. The number of nitrogens with one attached hydrogen (secondary N) is 1. The number of rotatable bonds is 6. The minimum Gasteiger partial charge on any atom is -0.479 e. The molecule has 0 aliphatic carbocycles. The number of halogens is 2. The first-order valence-corrected chi connectivity index (χ1v) is 8.71. The van der Waals surface area contributed by atoms with Crippen molar-refractivity contribution in [2.24, 2.45) is 0 Å². The van der Waals surface area contributed by atoms with Crippen molar-refractivity contribution in [1.82, 2.24) is 0 Å². The lowest BCUT2D eigenvalue weighted by molar-refractivity contribution is -0.159. The van der Waals surface area contributed by atoms with Crippen molar-refractivity contribution in [2.75, 3.05) is 5.32 Å². The second kappa shape index (κ2) is 8.92. The Morgan fingerprint density at radius 3 is 2.27 bits per heavy atom. The Morgan fingerprint density at radius 1 is 1.00 bits per heavy atom. The molecular weight excluding hydrogens is 377 g/mol. The average molecular weight is 396 g/mol. The number of carbonyl (C=O) groups is 2. The number of amides is 1. The number of anilines is 1. The Morgan fingerprint density at radius 2 is 1.65 bits per heavy atom. The fraction of sp³-hybridized carbons (Fsp3) is 0.263. The molecule has 7 heteroatoms. The second-order valence-electron chi connectivity index (χ2n) is 5.75. The Labute approximate surface area is 162 Å². The molecule has 0 aliphatic rings. The standard InChI is InChI=1S/C19H19Cl2NO4/c1-11-4-7-15(10-17(11)21)22-18(23)12(2)26-19(24)13(3)25-16-8-5-14(20)6-9-16/h4-10,12-13H,1-3H3,(H,22,23)/t12-,13+/m0/s1. The molecule has 0 unspecified atom stereocenters. The van der Waals surface area contributed by atoms with Crippen LogP contribution in [-0.4, -0.2) is 24.1 Å². The third-order valence-electron chi connectivity index (χ3n) is 3.56. The maximum absolute atomic E-state index is 12.2. The predicted molar refractivity (Wildman–Crippen MR) is 102 cm³/mol. The highest BCUT2D eigenvalue weighted by Gasteiger charge is 2.23. The summed E-state index contributed by atoms with van der Waals surface area (Å²) in [5, 5.41) is 3.76. The van der Waals surface area contributed by atoms with Crippen LogP contribution in [0, 0.1) is 6.92 Å². The van der Waals surface area contributed by atoms with Crippen LogP contribution < -0.4 is 10.1 Å². The molecular formula is C19H19Cl2NO4. The zero-order chi connectivity index (χ0) is 19.3. The third-order valence-corrected chi connectivity index (χ3v) is 4.22. The van der Waals surface area contributed by atoms with E-state index in [4.69, 9.17) is 32.7 Å². The van der Waals surface area contributed by atoms with Crippen LogP contribution in [0.3, 0.4) is 0 Å². The van der Waals surface area contributed by atoms with Crippen molar-refractivity contribution in [3.63, 3.8) is 0 Å². The summed E-state index contributed by atoms with van der Waals surface area (Å²) in [6.07, 6.45) is -1.86. The average Bonchev–Trinajstić information content (AvgIpc) is 2.60. The van der Waals surface area contributed by atoms with Crippen LogP contribution in [0.15, 0.2) is 42.5 Å². The molecule has 0 aliphatic heterocycles. The molecule has 5 nitrogen and oxygen atoms in total. The van der Waals surface area contributed by atoms with Gasteiger partial charge in [0.25, 0.3) is 5.91 Å². The SMILES string of the molecule is Cc1ccc(NC(=O)[C@H](C)OC(=O)[C@@H](C)Oc2ccc(Cl)cc2)cc1Cl. The first-order valence-electron chi connectivity index (χ1n) is 7.96. The molecule has 0 radical (unpaired) electrons. The smallest absolute Gasteiger partial charge is 0.347 e. The van der Waals surface area contributed by atoms with Gasteiger partial charge in [0.15, 0.2) is 12.2 Å². The van der Waals surface area contributed by atoms with E-state index >= 15 is 0 Å². The van der Waals surface area contributed by atoms with Crippen molar-refractivity contribution < 1.29 is 19.1 Å². The summed E-state index contributed by atoms with van der Waals surface area (Å²) in [6.45, 7) is 4.89. The maximum Gasteiger partial charge on any atom is 0.347 e. The van der Waals surface area contributed by atoms with E-state index in [0.29, 0.717) is 21.5 Å². The topological polar surface area (TPSA) is 64.6 Å². The van der Waals surface area contributed by atoms with Crippen LogP contribution in [-0.2, 0) is 14.3 Å².